The van der Waals surface area contributed by atoms with Crippen LogP contribution < -0.4 is 9.47 Å². The van der Waals surface area contributed by atoms with Crippen LogP contribution in [0.3, 0.4) is 0 Å². The average Bonchev–Trinajstić information content (AvgIpc) is 3.16. The molecule has 0 bridgehead atoms. The lowest BCUT2D eigenvalue weighted by Gasteiger charge is -2.27. The number of para-hydroxylation sites is 1. The molecule has 2 aromatic carbocycles. The number of halogens is 1. The molecular formula is C27H34FN3O3. The maximum atomic E-state index is 13.8. The predicted octanol–water partition coefficient (Wildman–Crippen LogP) is 4.60. The van der Waals surface area contributed by atoms with Gasteiger partial charge in [0.25, 0.3) is 0 Å². The molecule has 1 saturated heterocycles. The highest BCUT2D eigenvalue weighted by atomic mass is 19.1. The zero-order valence-electron chi connectivity index (χ0n) is 19.8. The second-order valence-electron chi connectivity index (χ2n) is 9.09. The smallest absolute Gasteiger partial charge is 0.165 e. The number of ether oxygens (including phenoxy) is 2. The van der Waals surface area contributed by atoms with Gasteiger partial charge in [-0.25, -0.2) is 9.37 Å². The topological polar surface area (TPSA) is 59.8 Å². The van der Waals surface area contributed by atoms with Crippen molar-refractivity contribution in [3.8, 4) is 11.5 Å². The Morgan fingerprint density at radius 2 is 1.88 bits per heavy atom. The van der Waals surface area contributed by atoms with Gasteiger partial charge < -0.3 is 19.1 Å². The fourth-order valence-electron chi connectivity index (χ4n) is 4.33. The normalized spacial score (nSPS) is 19.0. The van der Waals surface area contributed by atoms with Crippen LogP contribution in [0.1, 0.15) is 37.1 Å². The molecule has 1 fully saturated rings. The molecule has 0 aliphatic carbocycles. The van der Waals surface area contributed by atoms with Crippen LogP contribution in [0.25, 0.3) is 0 Å². The summed E-state index contributed by atoms with van der Waals surface area (Å²) in [5.41, 5.74) is 0.277. The molecule has 0 amide bonds. The average molecular weight is 468 g/mol. The highest BCUT2D eigenvalue weighted by molar-refractivity contribution is 5.27. The van der Waals surface area contributed by atoms with E-state index in [4.69, 9.17) is 9.47 Å². The Hall–Kier alpha value is -2.90. The SMILES string of the molecule is Cc1nccn1CCCOc1ccc(CN2CCC[C@@](O)(COc3ccccc3F)CC2)cc1. The predicted molar refractivity (Wildman–Crippen MR) is 129 cm³/mol. The number of likely N-dealkylation sites (tertiary alicyclic amines) is 1. The van der Waals surface area contributed by atoms with E-state index in [-0.39, 0.29) is 12.4 Å². The number of aromatic nitrogens is 2. The Morgan fingerprint density at radius 3 is 2.65 bits per heavy atom. The molecule has 0 spiro atoms. The molecule has 6 nitrogen and oxygen atoms in total. The van der Waals surface area contributed by atoms with Crippen LogP contribution in [0.15, 0.2) is 60.9 Å². The lowest BCUT2D eigenvalue weighted by molar-refractivity contribution is -0.0177. The van der Waals surface area contributed by atoms with E-state index in [1.165, 1.54) is 11.6 Å². The first kappa shape index (κ1) is 24.2. The number of nitrogens with zero attached hydrogens (tertiary/aromatic N) is 3. The van der Waals surface area contributed by atoms with Gasteiger partial charge in [0, 0.05) is 32.0 Å². The van der Waals surface area contributed by atoms with E-state index in [0.29, 0.717) is 19.4 Å². The Balaban J connectivity index is 1.20. The zero-order valence-corrected chi connectivity index (χ0v) is 19.8. The second-order valence-corrected chi connectivity index (χ2v) is 9.09. The van der Waals surface area contributed by atoms with Crippen LogP contribution in [0.2, 0.25) is 0 Å². The van der Waals surface area contributed by atoms with E-state index in [1.54, 1.807) is 18.2 Å². The molecule has 4 rings (SSSR count). The van der Waals surface area contributed by atoms with Gasteiger partial charge in [-0.2, -0.15) is 0 Å². The molecule has 7 heteroatoms. The summed E-state index contributed by atoms with van der Waals surface area (Å²) in [6.45, 7) is 6.17. The third-order valence-electron chi connectivity index (χ3n) is 6.41. The number of benzene rings is 2. The van der Waals surface area contributed by atoms with Gasteiger partial charge in [-0.1, -0.05) is 24.3 Å². The summed E-state index contributed by atoms with van der Waals surface area (Å²) in [5, 5.41) is 11.0. The summed E-state index contributed by atoms with van der Waals surface area (Å²) in [6.07, 6.45) is 6.84. The van der Waals surface area contributed by atoms with Crippen LogP contribution in [0, 0.1) is 12.7 Å². The lowest BCUT2D eigenvalue weighted by atomic mass is 9.96. The molecule has 0 unspecified atom stereocenters. The number of hydrogen-bond donors (Lipinski definition) is 1. The molecule has 1 aliphatic heterocycles. The quantitative estimate of drug-likeness (QED) is 0.442. The van der Waals surface area contributed by atoms with Crippen molar-refractivity contribution in [3.63, 3.8) is 0 Å². The molecule has 182 valence electrons. The van der Waals surface area contributed by atoms with Crippen molar-refractivity contribution in [2.24, 2.45) is 0 Å². The van der Waals surface area contributed by atoms with Gasteiger partial charge in [-0.15, -0.1) is 0 Å². The van der Waals surface area contributed by atoms with Gasteiger partial charge in [0.15, 0.2) is 11.6 Å². The Bertz CT molecular complexity index is 1040. The van der Waals surface area contributed by atoms with E-state index in [2.05, 4.69) is 26.6 Å². The summed E-state index contributed by atoms with van der Waals surface area (Å²) >= 11 is 0. The Labute approximate surface area is 201 Å². The molecule has 0 radical (unpaired) electrons. The van der Waals surface area contributed by atoms with Gasteiger partial charge in [0.2, 0.25) is 0 Å². The minimum Gasteiger partial charge on any atom is -0.494 e. The van der Waals surface area contributed by atoms with E-state index in [1.807, 2.05) is 31.5 Å². The summed E-state index contributed by atoms with van der Waals surface area (Å²) in [7, 11) is 0. The van der Waals surface area contributed by atoms with Crippen LogP contribution >= 0.6 is 0 Å². The lowest BCUT2D eigenvalue weighted by Crippen LogP contribution is -2.37. The number of aryl methyl sites for hydroxylation is 2. The third-order valence-corrected chi connectivity index (χ3v) is 6.41. The van der Waals surface area contributed by atoms with Gasteiger partial charge in [0.1, 0.15) is 18.2 Å². The van der Waals surface area contributed by atoms with Gasteiger partial charge >= 0.3 is 0 Å². The molecule has 1 aliphatic rings. The van der Waals surface area contributed by atoms with E-state index >= 15 is 0 Å². The van der Waals surface area contributed by atoms with Crippen LogP contribution in [-0.2, 0) is 13.1 Å². The van der Waals surface area contributed by atoms with Crippen LogP contribution in [0.4, 0.5) is 4.39 Å². The van der Waals surface area contributed by atoms with Crippen molar-refractivity contribution in [1.82, 2.24) is 14.5 Å². The minimum atomic E-state index is -0.940. The molecule has 1 N–H and O–H groups in total. The Morgan fingerprint density at radius 1 is 1.06 bits per heavy atom. The van der Waals surface area contributed by atoms with Crippen molar-refractivity contribution in [2.75, 3.05) is 26.3 Å². The van der Waals surface area contributed by atoms with Crippen molar-refractivity contribution in [2.45, 2.75) is 51.3 Å². The van der Waals surface area contributed by atoms with Gasteiger partial charge in [-0.3, -0.25) is 4.90 Å². The summed E-state index contributed by atoms with van der Waals surface area (Å²) < 4.78 is 27.4. The molecule has 3 aromatic rings. The maximum absolute atomic E-state index is 13.8. The zero-order chi connectivity index (χ0) is 23.8. The summed E-state index contributed by atoms with van der Waals surface area (Å²) in [4.78, 5) is 6.59. The van der Waals surface area contributed by atoms with E-state index in [0.717, 1.165) is 50.6 Å². The first-order chi connectivity index (χ1) is 16.5. The van der Waals surface area contributed by atoms with E-state index < -0.39 is 11.4 Å². The fourth-order valence-corrected chi connectivity index (χ4v) is 4.33. The standard InChI is InChI=1S/C27H34FN3O3/c1-22-29-14-18-31(22)16-5-19-33-24-10-8-23(9-11-24)20-30-15-4-12-27(32,13-17-30)21-34-26-7-3-2-6-25(26)28/h2-3,6-11,14,18,32H,4-5,12-13,15-17,19-21H2,1H3/t27-/m0/s1. The largest absolute Gasteiger partial charge is 0.494 e. The summed E-state index contributed by atoms with van der Waals surface area (Å²) in [6, 6.07) is 14.6. The number of imidazole rings is 1. The molecule has 1 aromatic heterocycles. The molecular weight excluding hydrogens is 433 g/mol. The molecule has 2 heterocycles. The number of rotatable bonds is 10. The Kier molecular flexibility index (Phi) is 8.19. The van der Waals surface area contributed by atoms with Crippen molar-refractivity contribution >= 4 is 0 Å². The maximum Gasteiger partial charge on any atom is 0.165 e. The number of aliphatic hydroxyl groups is 1. The second kappa shape index (κ2) is 11.5. The molecule has 34 heavy (non-hydrogen) atoms. The summed E-state index contributed by atoms with van der Waals surface area (Å²) in [5.74, 6) is 1.69. The van der Waals surface area contributed by atoms with Gasteiger partial charge in [0.05, 0.1) is 12.2 Å². The molecule has 0 saturated carbocycles. The fraction of sp³-hybridized carbons (Fsp3) is 0.444. The third kappa shape index (κ3) is 6.81. The molecule has 1 atom stereocenters. The highest BCUT2D eigenvalue weighted by Crippen LogP contribution is 2.26. The monoisotopic (exact) mass is 467 g/mol. The first-order valence-corrected chi connectivity index (χ1v) is 12.0. The van der Waals surface area contributed by atoms with E-state index in [9.17, 15) is 9.50 Å². The minimum absolute atomic E-state index is 0.105. The van der Waals surface area contributed by atoms with Gasteiger partial charge in [-0.05, 0) is 69.0 Å². The highest BCUT2D eigenvalue weighted by Gasteiger charge is 2.31. The van der Waals surface area contributed by atoms with Crippen molar-refractivity contribution in [1.29, 1.82) is 0 Å². The first-order valence-electron chi connectivity index (χ1n) is 12.0. The van der Waals surface area contributed by atoms with Crippen LogP contribution in [0.5, 0.6) is 11.5 Å². The van der Waals surface area contributed by atoms with Crippen molar-refractivity contribution in [3.05, 3.63) is 78.1 Å². The number of hydrogen-bond acceptors (Lipinski definition) is 5. The van der Waals surface area contributed by atoms with Crippen molar-refractivity contribution < 1.29 is 19.0 Å². The van der Waals surface area contributed by atoms with Crippen LogP contribution in [-0.4, -0.2) is 51.5 Å².